The quantitative estimate of drug-likeness (QED) is 0.394. The second-order valence-electron chi connectivity index (χ2n) is 8.05. The van der Waals surface area contributed by atoms with Crippen molar-refractivity contribution < 1.29 is 17.9 Å². The summed E-state index contributed by atoms with van der Waals surface area (Å²) in [5.74, 6) is -1.82. The van der Waals surface area contributed by atoms with E-state index in [0.29, 0.717) is 23.3 Å². The summed E-state index contributed by atoms with van der Waals surface area (Å²) in [5.41, 5.74) is 3.11. The molecular weight excluding hydrogens is 397 g/mol. The zero-order chi connectivity index (χ0) is 22.0. The Morgan fingerprint density at radius 1 is 0.839 bits per heavy atom. The summed E-state index contributed by atoms with van der Waals surface area (Å²) in [5, 5.41) is 0. The van der Waals surface area contributed by atoms with Crippen molar-refractivity contribution in [2.45, 2.75) is 38.7 Å². The lowest BCUT2D eigenvalue weighted by Gasteiger charge is -2.28. The first-order chi connectivity index (χ1) is 15.0. The molecule has 3 aromatic carbocycles. The summed E-state index contributed by atoms with van der Waals surface area (Å²) in [6, 6.07) is 15.3. The molecule has 1 aliphatic rings. The number of benzene rings is 3. The number of hydrogen-bond acceptors (Lipinski definition) is 1. The molecule has 2 atom stereocenters. The van der Waals surface area contributed by atoms with Gasteiger partial charge in [-0.3, -0.25) is 0 Å². The fraction of sp³-hybridized carbons (Fsp3) is 0.259. The zero-order valence-electron chi connectivity index (χ0n) is 17.7. The minimum absolute atomic E-state index is 0.149. The average molecular weight is 422 g/mol. The van der Waals surface area contributed by atoms with Crippen molar-refractivity contribution in [3.8, 4) is 22.3 Å². The van der Waals surface area contributed by atoms with Crippen molar-refractivity contribution in [2.24, 2.45) is 0 Å². The fourth-order valence-electron chi connectivity index (χ4n) is 4.12. The second kappa shape index (κ2) is 9.11. The Labute approximate surface area is 181 Å². The largest absolute Gasteiger partial charge is 0.374 e. The number of aryl methyl sites for hydroxylation is 1. The van der Waals surface area contributed by atoms with Crippen molar-refractivity contribution in [3.05, 3.63) is 95.3 Å². The molecule has 1 saturated heterocycles. The highest BCUT2D eigenvalue weighted by Gasteiger charge is 2.22. The molecule has 1 fully saturated rings. The van der Waals surface area contributed by atoms with Crippen molar-refractivity contribution in [1.82, 2.24) is 0 Å². The summed E-state index contributed by atoms with van der Waals surface area (Å²) < 4.78 is 48.9. The van der Waals surface area contributed by atoms with Crippen molar-refractivity contribution in [1.29, 1.82) is 0 Å². The van der Waals surface area contributed by atoms with Crippen LogP contribution in [0.2, 0.25) is 0 Å². The Balaban J connectivity index is 1.53. The molecule has 31 heavy (non-hydrogen) atoms. The second-order valence-corrected chi connectivity index (χ2v) is 8.05. The lowest BCUT2D eigenvalue weighted by molar-refractivity contribution is 0.0326. The molecule has 1 heterocycles. The van der Waals surface area contributed by atoms with Gasteiger partial charge >= 0.3 is 0 Å². The fourth-order valence-corrected chi connectivity index (χ4v) is 4.12. The number of halogens is 3. The van der Waals surface area contributed by atoms with Gasteiger partial charge in [0, 0.05) is 17.0 Å². The predicted molar refractivity (Wildman–Crippen MR) is 118 cm³/mol. The molecule has 0 amide bonds. The van der Waals surface area contributed by atoms with Crippen LogP contribution < -0.4 is 0 Å². The van der Waals surface area contributed by atoms with Crippen LogP contribution in [0.3, 0.4) is 0 Å². The molecule has 0 aromatic heterocycles. The van der Waals surface area contributed by atoms with E-state index >= 15 is 0 Å². The number of allylic oxidation sites excluding steroid dienone is 1. The highest BCUT2D eigenvalue weighted by atomic mass is 19.2. The average Bonchev–Trinajstić information content (AvgIpc) is 2.79. The molecule has 0 aliphatic carbocycles. The van der Waals surface area contributed by atoms with Gasteiger partial charge in [0.2, 0.25) is 0 Å². The Morgan fingerprint density at radius 2 is 1.52 bits per heavy atom. The Kier molecular flexibility index (Phi) is 6.28. The van der Waals surface area contributed by atoms with Crippen molar-refractivity contribution >= 4 is 0 Å². The van der Waals surface area contributed by atoms with Crippen molar-refractivity contribution in [2.75, 3.05) is 6.61 Å². The maximum Gasteiger partial charge on any atom is 0.166 e. The maximum absolute atomic E-state index is 14.9. The van der Waals surface area contributed by atoms with E-state index in [0.717, 1.165) is 18.4 Å². The topological polar surface area (TPSA) is 9.23 Å². The van der Waals surface area contributed by atoms with E-state index < -0.39 is 11.6 Å². The first kappa shape index (κ1) is 21.4. The molecule has 160 valence electrons. The van der Waals surface area contributed by atoms with Crippen LogP contribution in [0, 0.1) is 24.4 Å². The monoisotopic (exact) mass is 422 g/mol. The maximum atomic E-state index is 14.9. The van der Waals surface area contributed by atoms with Crippen LogP contribution in [0.1, 0.15) is 36.8 Å². The molecule has 1 nitrogen and oxygen atoms in total. The zero-order valence-corrected chi connectivity index (χ0v) is 17.7. The summed E-state index contributed by atoms with van der Waals surface area (Å²) in [6.07, 6.45) is 6.09. The SMILES string of the molecule is C/C=C/C1CCC(c2ccc(-c3ccc(-c4ccc(C)c(F)c4F)cc3)c(F)c2)CO1. The van der Waals surface area contributed by atoms with Gasteiger partial charge in [0.25, 0.3) is 0 Å². The van der Waals surface area contributed by atoms with Gasteiger partial charge in [-0.25, -0.2) is 13.2 Å². The normalized spacial score (nSPS) is 19.1. The molecule has 0 bridgehead atoms. The van der Waals surface area contributed by atoms with E-state index in [4.69, 9.17) is 4.74 Å². The van der Waals surface area contributed by atoms with E-state index in [2.05, 4.69) is 6.08 Å². The van der Waals surface area contributed by atoms with Gasteiger partial charge in [0.15, 0.2) is 11.6 Å². The molecule has 1 aliphatic heterocycles. The molecule has 2 unspecified atom stereocenters. The van der Waals surface area contributed by atoms with Gasteiger partial charge in [0.05, 0.1) is 12.7 Å². The minimum Gasteiger partial charge on any atom is -0.374 e. The molecular formula is C27H25F3O. The van der Waals surface area contributed by atoms with Gasteiger partial charge in [-0.05, 0) is 55.0 Å². The van der Waals surface area contributed by atoms with Crippen molar-refractivity contribution in [3.63, 3.8) is 0 Å². The Morgan fingerprint density at radius 3 is 2.13 bits per heavy atom. The van der Waals surface area contributed by atoms with Crippen LogP contribution >= 0.6 is 0 Å². The van der Waals surface area contributed by atoms with Gasteiger partial charge in [0.1, 0.15) is 5.82 Å². The molecule has 4 rings (SSSR count). The highest BCUT2D eigenvalue weighted by Crippen LogP contribution is 2.33. The number of rotatable bonds is 4. The van der Waals surface area contributed by atoms with Crippen LogP contribution in [0.4, 0.5) is 13.2 Å². The lowest BCUT2D eigenvalue weighted by Crippen LogP contribution is -2.23. The van der Waals surface area contributed by atoms with E-state index in [1.807, 2.05) is 19.1 Å². The molecule has 0 radical (unpaired) electrons. The first-order valence-corrected chi connectivity index (χ1v) is 10.6. The Bertz CT molecular complexity index is 1090. The summed E-state index contributed by atoms with van der Waals surface area (Å²) in [6.45, 7) is 4.09. The van der Waals surface area contributed by atoms with Crippen LogP contribution in [-0.4, -0.2) is 12.7 Å². The first-order valence-electron chi connectivity index (χ1n) is 10.6. The predicted octanol–water partition coefficient (Wildman–Crippen LogP) is 7.59. The lowest BCUT2D eigenvalue weighted by atomic mass is 9.89. The van der Waals surface area contributed by atoms with E-state index in [1.54, 1.807) is 48.5 Å². The van der Waals surface area contributed by atoms with Crippen LogP contribution in [-0.2, 0) is 4.74 Å². The summed E-state index contributed by atoms with van der Waals surface area (Å²) >= 11 is 0. The van der Waals surface area contributed by atoms with Gasteiger partial charge in [-0.1, -0.05) is 60.7 Å². The molecule has 0 saturated carbocycles. The smallest absolute Gasteiger partial charge is 0.166 e. The number of hydrogen-bond donors (Lipinski definition) is 0. The summed E-state index contributed by atoms with van der Waals surface area (Å²) in [7, 11) is 0. The number of ether oxygens (including phenoxy) is 1. The summed E-state index contributed by atoms with van der Waals surface area (Å²) in [4.78, 5) is 0. The third-order valence-corrected chi connectivity index (χ3v) is 5.97. The molecule has 4 heteroatoms. The van der Waals surface area contributed by atoms with E-state index in [-0.39, 0.29) is 29.0 Å². The van der Waals surface area contributed by atoms with Gasteiger partial charge in [-0.2, -0.15) is 0 Å². The molecule has 0 spiro atoms. The van der Waals surface area contributed by atoms with Gasteiger partial charge < -0.3 is 4.74 Å². The van der Waals surface area contributed by atoms with Crippen LogP contribution in [0.15, 0.2) is 66.7 Å². The Hall–Kier alpha value is -2.85. The van der Waals surface area contributed by atoms with Crippen LogP contribution in [0.5, 0.6) is 0 Å². The minimum atomic E-state index is -0.866. The third-order valence-electron chi connectivity index (χ3n) is 5.97. The standard InChI is InChI=1S/C27H25F3O/c1-3-4-22-12-10-21(16-31-22)20-11-14-23(25(28)15-20)18-6-8-19(9-7-18)24-13-5-17(2)26(29)27(24)30/h3-9,11,13-15,21-22H,10,12,16H2,1-2H3/b4-3+. The molecule has 0 N–H and O–H groups in total. The van der Waals surface area contributed by atoms with E-state index in [1.165, 1.54) is 6.92 Å². The molecule has 3 aromatic rings. The highest BCUT2D eigenvalue weighted by molar-refractivity contribution is 5.71. The van der Waals surface area contributed by atoms with E-state index in [9.17, 15) is 13.2 Å². The third kappa shape index (κ3) is 4.45. The van der Waals surface area contributed by atoms with Gasteiger partial charge in [-0.15, -0.1) is 0 Å². The van der Waals surface area contributed by atoms with Crippen LogP contribution in [0.25, 0.3) is 22.3 Å².